The van der Waals surface area contributed by atoms with Crippen LogP contribution < -0.4 is 27.4 Å². The Morgan fingerprint density at radius 3 is 2.11 bits per heavy atom. The molecule has 3 amide bonds. The van der Waals surface area contributed by atoms with Gasteiger partial charge in [0.2, 0.25) is 17.7 Å². The third-order valence-corrected chi connectivity index (χ3v) is 5.52. The van der Waals surface area contributed by atoms with E-state index in [0.717, 1.165) is 0 Å². The number of hydrogen-bond donors (Lipinski definition) is 8. The summed E-state index contributed by atoms with van der Waals surface area (Å²) in [7, 11) is 0. The van der Waals surface area contributed by atoms with E-state index in [9.17, 15) is 29.1 Å². The van der Waals surface area contributed by atoms with Crippen molar-refractivity contribution in [2.45, 2.75) is 83.0 Å². The molecule has 0 saturated carbocycles. The quantitative estimate of drug-likeness (QED) is 0.107. The number of H-pyrrole nitrogens is 1. The van der Waals surface area contributed by atoms with Crippen molar-refractivity contribution in [3.63, 3.8) is 0 Å². The summed E-state index contributed by atoms with van der Waals surface area (Å²) in [4.78, 5) is 67.7. The predicted molar refractivity (Wildman–Crippen MR) is 133 cm³/mol. The minimum atomic E-state index is -1.26. The number of nitrogens with two attached hydrogens (primary N) is 2. The number of carboxylic acids is 2. The van der Waals surface area contributed by atoms with Crippen molar-refractivity contribution in [1.29, 1.82) is 0 Å². The Kier molecular flexibility index (Phi) is 13.9. The molecule has 0 aromatic carbocycles. The fourth-order valence-electron chi connectivity index (χ4n) is 3.51. The van der Waals surface area contributed by atoms with Gasteiger partial charge in [-0.3, -0.25) is 19.2 Å². The number of hydrogen-bond acceptors (Lipinski definition) is 8. The van der Waals surface area contributed by atoms with Gasteiger partial charge >= 0.3 is 11.9 Å². The Morgan fingerprint density at radius 2 is 1.57 bits per heavy atom. The van der Waals surface area contributed by atoms with Gasteiger partial charge in [0.25, 0.3) is 0 Å². The maximum atomic E-state index is 13.1. The molecule has 0 bridgehead atoms. The molecule has 0 radical (unpaired) electrons. The lowest BCUT2D eigenvalue weighted by molar-refractivity contribution is -0.142. The maximum Gasteiger partial charge on any atom is 0.326 e. The highest BCUT2D eigenvalue weighted by Crippen LogP contribution is 2.09. The predicted octanol–water partition coefficient (Wildman–Crippen LogP) is -1.14. The summed E-state index contributed by atoms with van der Waals surface area (Å²) in [5, 5.41) is 26.0. The molecule has 4 unspecified atom stereocenters. The van der Waals surface area contributed by atoms with Crippen LogP contribution in [0.2, 0.25) is 0 Å². The molecule has 1 heterocycles. The number of carboxylic acid groups (broad SMARTS) is 2. The third kappa shape index (κ3) is 12.3. The zero-order chi connectivity index (χ0) is 28.0. The van der Waals surface area contributed by atoms with Crippen LogP contribution in [0.1, 0.15) is 58.1 Å². The van der Waals surface area contributed by atoms with Crippen LogP contribution in [0.15, 0.2) is 12.5 Å². The number of unbranched alkanes of at least 4 members (excludes halogenated alkanes) is 1. The molecular weight excluding hydrogens is 486 g/mol. The summed E-state index contributed by atoms with van der Waals surface area (Å²) in [6, 6.07) is -4.50. The fourth-order valence-corrected chi connectivity index (χ4v) is 3.51. The van der Waals surface area contributed by atoms with Gasteiger partial charge in [0.1, 0.15) is 18.1 Å². The van der Waals surface area contributed by atoms with Crippen LogP contribution in [-0.4, -0.2) is 80.6 Å². The minimum absolute atomic E-state index is 0.0124. The Bertz CT molecular complexity index is 892. The molecule has 1 aromatic heterocycles. The Balaban J connectivity index is 2.96. The van der Waals surface area contributed by atoms with Crippen LogP contribution in [0.5, 0.6) is 0 Å². The van der Waals surface area contributed by atoms with Gasteiger partial charge in [-0.05, 0) is 44.6 Å². The number of carbonyl (C=O) groups excluding carboxylic acids is 3. The first-order chi connectivity index (χ1) is 17.4. The van der Waals surface area contributed by atoms with Crippen LogP contribution in [0.4, 0.5) is 0 Å². The standard InChI is InChI=1S/C23H39N7O7/c1-13(2)9-17(29-20(33)15(25)6-7-19(31)32)22(35)28-16(5-3-4-8-24)21(34)30-18(23(36)37)10-14-11-26-12-27-14/h11-13,15-18H,3-10,24-25H2,1-2H3,(H,26,27)(H,28,35)(H,29,33)(H,30,34)(H,31,32)(H,36,37). The average molecular weight is 526 g/mol. The molecular formula is C23H39N7O7. The molecule has 208 valence electrons. The molecule has 10 N–H and O–H groups in total. The Hall–Kier alpha value is -3.52. The highest BCUT2D eigenvalue weighted by molar-refractivity contribution is 5.94. The molecule has 0 fully saturated rings. The second kappa shape index (κ2) is 16.3. The summed E-state index contributed by atoms with van der Waals surface area (Å²) in [5.74, 6) is -4.38. The number of nitrogens with one attached hydrogen (secondary N) is 4. The van der Waals surface area contributed by atoms with E-state index in [-0.39, 0.29) is 38.0 Å². The van der Waals surface area contributed by atoms with E-state index >= 15 is 0 Å². The second-order valence-electron chi connectivity index (χ2n) is 9.26. The first-order valence-corrected chi connectivity index (χ1v) is 12.2. The smallest absolute Gasteiger partial charge is 0.326 e. The van der Waals surface area contributed by atoms with Crippen LogP contribution in [0.3, 0.4) is 0 Å². The van der Waals surface area contributed by atoms with Gasteiger partial charge in [-0.15, -0.1) is 0 Å². The lowest BCUT2D eigenvalue weighted by atomic mass is 10.0. The Labute approximate surface area is 215 Å². The van der Waals surface area contributed by atoms with Gasteiger partial charge in [0.05, 0.1) is 12.4 Å². The molecule has 4 atom stereocenters. The lowest BCUT2D eigenvalue weighted by Gasteiger charge is -2.26. The lowest BCUT2D eigenvalue weighted by Crippen LogP contribution is -2.57. The molecule has 1 rings (SSSR count). The van der Waals surface area contributed by atoms with Crippen molar-refractivity contribution in [2.75, 3.05) is 6.54 Å². The van der Waals surface area contributed by atoms with E-state index in [4.69, 9.17) is 16.6 Å². The SMILES string of the molecule is CC(C)CC(NC(=O)C(N)CCC(=O)O)C(=O)NC(CCCCN)C(=O)NC(Cc1cnc[nH]1)C(=O)O. The zero-order valence-electron chi connectivity index (χ0n) is 21.2. The molecule has 0 aliphatic carbocycles. The van der Waals surface area contributed by atoms with Crippen molar-refractivity contribution >= 4 is 29.7 Å². The number of aromatic nitrogens is 2. The summed E-state index contributed by atoms with van der Waals surface area (Å²) in [6.45, 7) is 4.06. The van der Waals surface area contributed by atoms with Gasteiger partial charge in [-0.1, -0.05) is 13.8 Å². The summed E-state index contributed by atoms with van der Waals surface area (Å²) >= 11 is 0. The van der Waals surface area contributed by atoms with Gasteiger partial charge in [-0.2, -0.15) is 0 Å². The minimum Gasteiger partial charge on any atom is -0.481 e. The largest absolute Gasteiger partial charge is 0.481 e. The summed E-state index contributed by atoms with van der Waals surface area (Å²) in [6.07, 6.45) is 3.91. The van der Waals surface area contributed by atoms with Gasteiger partial charge in [0.15, 0.2) is 0 Å². The first-order valence-electron chi connectivity index (χ1n) is 12.2. The van der Waals surface area contributed by atoms with Gasteiger partial charge < -0.3 is 42.6 Å². The molecule has 37 heavy (non-hydrogen) atoms. The fraction of sp³-hybridized carbons (Fsp3) is 0.652. The zero-order valence-corrected chi connectivity index (χ0v) is 21.2. The van der Waals surface area contributed by atoms with Gasteiger partial charge in [-0.25, -0.2) is 9.78 Å². The number of nitrogens with zero attached hydrogens (tertiary/aromatic N) is 1. The van der Waals surface area contributed by atoms with Crippen LogP contribution >= 0.6 is 0 Å². The van der Waals surface area contributed by atoms with E-state index in [1.807, 2.05) is 13.8 Å². The number of imidazole rings is 1. The Morgan fingerprint density at radius 1 is 0.946 bits per heavy atom. The number of aromatic amines is 1. The topological polar surface area (TPSA) is 243 Å². The summed E-state index contributed by atoms with van der Waals surface area (Å²) < 4.78 is 0. The van der Waals surface area contributed by atoms with Crippen LogP contribution in [0, 0.1) is 5.92 Å². The molecule has 0 aliphatic heterocycles. The first kappa shape index (κ1) is 31.5. The molecule has 0 saturated heterocycles. The van der Waals surface area contributed by atoms with E-state index in [1.165, 1.54) is 12.5 Å². The van der Waals surface area contributed by atoms with Crippen molar-refractivity contribution < 1.29 is 34.2 Å². The highest BCUT2D eigenvalue weighted by atomic mass is 16.4. The van der Waals surface area contributed by atoms with E-state index in [0.29, 0.717) is 25.1 Å². The second-order valence-corrected chi connectivity index (χ2v) is 9.26. The van der Waals surface area contributed by atoms with Crippen molar-refractivity contribution in [3.05, 3.63) is 18.2 Å². The highest BCUT2D eigenvalue weighted by Gasteiger charge is 2.30. The molecule has 0 aliphatic rings. The average Bonchev–Trinajstić information content (AvgIpc) is 3.33. The molecule has 1 aromatic rings. The monoisotopic (exact) mass is 525 g/mol. The van der Waals surface area contributed by atoms with Crippen molar-refractivity contribution in [3.8, 4) is 0 Å². The molecule has 0 spiro atoms. The van der Waals surface area contributed by atoms with Crippen molar-refractivity contribution in [1.82, 2.24) is 25.9 Å². The van der Waals surface area contributed by atoms with Crippen LogP contribution in [0.25, 0.3) is 0 Å². The third-order valence-electron chi connectivity index (χ3n) is 5.52. The van der Waals surface area contributed by atoms with Crippen molar-refractivity contribution in [2.24, 2.45) is 17.4 Å². The van der Waals surface area contributed by atoms with Crippen LogP contribution in [-0.2, 0) is 30.4 Å². The number of carbonyl (C=O) groups is 5. The van der Waals surface area contributed by atoms with E-state index in [1.54, 1.807) is 0 Å². The molecule has 14 nitrogen and oxygen atoms in total. The summed E-state index contributed by atoms with van der Waals surface area (Å²) in [5.41, 5.74) is 11.8. The molecule has 14 heteroatoms. The van der Waals surface area contributed by atoms with Gasteiger partial charge in [0, 0.05) is 24.7 Å². The van der Waals surface area contributed by atoms with E-state index < -0.39 is 53.8 Å². The maximum absolute atomic E-state index is 13.1. The number of rotatable bonds is 18. The normalized spacial score (nSPS) is 14.3. The number of amides is 3. The van der Waals surface area contributed by atoms with E-state index in [2.05, 4.69) is 25.9 Å². The number of aliphatic carboxylic acids is 2.